The van der Waals surface area contributed by atoms with E-state index >= 15 is 0 Å². The number of rotatable bonds is 21. The molecule has 0 aliphatic rings. The summed E-state index contributed by atoms with van der Waals surface area (Å²) in [5.41, 5.74) is 4.33. The summed E-state index contributed by atoms with van der Waals surface area (Å²) in [5.74, 6) is 2.81. The highest BCUT2D eigenvalue weighted by Gasteiger charge is 2.31. The van der Waals surface area contributed by atoms with Gasteiger partial charge < -0.3 is 24.3 Å². The predicted octanol–water partition coefficient (Wildman–Crippen LogP) is 7.28. The van der Waals surface area contributed by atoms with E-state index in [9.17, 15) is 21.6 Å². The van der Waals surface area contributed by atoms with E-state index in [0.717, 1.165) is 39.4 Å². The Balaban J connectivity index is 0.000000244. The number of nitrogens with zero attached hydrogens (tertiary/aromatic N) is 6. The van der Waals surface area contributed by atoms with Gasteiger partial charge in [0.2, 0.25) is 0 Å². The molecule has 0 atom stereocenters. The molecular weight excluding hydrogens is 871 g/mol. The molecule has 0 aliphatic carbocycles. The highest BCUT2D eigenvalue weighted by molar-refractivity contribution is 7.89. The SMILES string of the molecule is CNCc1cc(S(=O)(=O)N(Cc2ccc(OC)cc2)Cc2ccc(OC)cc2)nn1C(C)C.COc1ccc(CN(Cc2ccc(OC)cc2)S(=O)(=O)c2cc(C=O)n(C(C)C)n2)cc1. The zero-order valence-corrected chi connectivity index (χ0v) is 40.0. The maximum absolute atomic E-state index is 13.8. The monoisotopic (exact) mass is 929 g/mol. The molecule has 0 saturated carbocycles. The van der Waals surface area contributed by atoms with E-state index in [0.29, 0.717) is 24.3 Å². The second-order valence-corrected chi connectivity index (χ2v) is 19.3. The van der Waals surface area contributed by atoms with Crippen LogP contribution in [0.1, 0.15) is 78.2 Å². The van der Waals surface area contributed by atoms with E-state index in [1.54, 1.807) is 63.5 Å². The Kier molecular flexibility index (Phi) is 17.5. The Labute approximate surface area is 382 Å². The van der Waals surface area contributed by atoms with Gasteiger partial charge in [0.05, 0.1) is 34.1 Å². The maximum Gasteiger partial charge on any atom is 0.263 e. The van der Waals surface area contributed by atoms with Gasteiger partial charge in [0, 0.05) is 56.9 Å². The first-order valence-electron chi connectivity index (χ1n) is 20.9. The number of hydrogen-bond acceptors (Lipinski definition) is 12. The van der Waals surface area contributed by atoms with Crippen LogP contribution in [0.3, 0.4) is 0 Å². The minimum absolute atomic E-state index is 0.0360. The fourth-order valence-corrected chi connectivity index (χ4v) is 9.50. The molecule has 0 spiro atoms. The number of ether oxygens (including phenoxy) is 4. The summed E-state index contributed by atoms with van der Waals surface area (Å²) >= 11 is 0. The Hall–Kier alpha value is -6.05. The van der Waals surface area contributed by atoms with Crippen molar-refractivity contribution in [2.24, 2.45) is 0 Å². The standard InChI is InChI=1S/C24H32N4O4S.C23H27N3O5S/c1-18(2)28-21(15-25-3)14-24(26-28)33(29,30)27(16-19-6-10-22(31-4)11-7-19)17-20-8-12-23(32-5)13-9-20;1-17(2)26-20(16-27)13-23(24-26)32(28,29)25(14-18-5-9-21(30-3)10-6-18)15-19-7-11-22(31-4)12-8-19/h6-14,18,25H,15-17H2,1-5H3;5-13,16-17H,14-15H2,1-4H3. The largest absolute Gasteiger partial charge is 0.497 e. The van der Waals surface area contributed by atoms with E-state index in [2.05, 4.69) is 15.5 Å². The van der Waals surface area contributed by atoms with Crippen molar-refractivity contribution in [2.75, 3.05) is 35.5 Å². The molecule has 16 nitrogen and oxygen atoms in total. The summed E-state index contributed by atoms with van der Waals surface area (Å²) < 4.78 is 81.5. The van der Waals surface area contributed by atoms with Crippen molar-refractivity contribution in [2.45, 2.75) is 82.6 Å². The van der Waals surface area contributed by atoms with Crippen molar-refractivity contribution in [1.29, 1.82) is 0 Å². The lowest BCUT2D eigenvalue weighted by molar-refractivity contribution is 0.111. The molecule has 6 aromatic rings. The van der Waals surface area contributed by atoms with Gasteiger partial charge in [-0.25, -0.2) is 16.8 Å². The molecule has 2 heterocycles. The molecule has 0 amide bonds. The van der Waals surface area contributed by atoms with Crippen LogP contribution in [0, 0.1) is 0 Å². The van der Waals surface area contributed by atoms with E-state index in [-0.39, 0.29) is 54.0 Å². The van der Waals surface area contributed by atoms with Gasteiger partial charge >= 0.3 is 0 Å². The predicted molar refractivity (Wildman–Crippen MR) is 248 cm³/mol. The van der Waals surface area contributed by atoms with Crippen molar-refractivity contribution < 1.29 is 40.6 Å². The fraction of sp³-hybridized carbons (Fsp3) is 0.340. The number of methoxy groups -OCH3 is 4. The number of sulfonamides is 2. The highest BCUT2D eigenvalue weighted by Crippen LogP contribution is 2.27. The van der Waals surface area contributed by atoms with E-state index < -0.39 is 20.0 Å². The van der Waals surface area contributed by atoms with Gasteiger partial charge in [-0.05, 0) is 106 Å². The Morgan fingerprint density at radius 1 is 0.538 bits per heavy atom. The van der Waals surface area contributed by atoms with Crippen molar-refractivity contribution >= 4 is 26.3 Å². The van der Waals surface area contributed by atoms with Crippen LogP contribution < -0.4 is 24.3 Å². The number of hydrogen-bond donors (Lipinski definition) is 1. The van der Waals surface area contributed by atoms with Crippen LogP contribution in [-0.2, 0) is 52.8 Å². The molecule has 0 aliphatic heterocycles. The van der Waals surface area contributed by atoms with Gasteiger partial charge in [-0.15, -0.1) is 0 Å². The quantitative estimate of drug-likeness (QED) is 0.0716. The number of nitrogens with one attached hydrogen (secondary N) is 1. The number of benzene rings is 4. The van der Waals surface area contributed by atoms with E-state index in [1.165, 1.54) is 19.4 Å². The zero-order valence-electron chi connectivity index (χ0n) is 38.3. The van der Waals surface area contributed by atoms with Crippen LogP contribution in [0.5, 0.6) is 23.0 Å². The van der Waals surface area contributed by atoms with Gasteiger partial charge in [-0.3, -0.25) is 14.2 Å². The highest BCUT2D eigenvalue weighted by atomic mass is 32.2. The average Bonchev–Trinajstić information content (AvgIpc) is 3.97. The van der Waals surface area contributed by atoms with Gasteiger partial charge in [-0.2, -0.15) is 18.8 Å². The minimum Gasteiger partial charge on any atom is -0.497 e. The van der Waals surface area contributed by atoms with Crippen LogP contribution in [-0.4, -0.2) is 86.8 Å². The summed E-state index contributed by atoms with van der Waals surface area (Å²) in [6, 6.07) is 32.0. The second-order valence-electron chi connectivity index (χ2n) is 15.5. The number of carbonyl (C=O) groups is 1. The summed E-state index contributed by atoms with van der Waals surface area (Å²) in [6.07, 6.45) is 0.614. The molecule has 1 N–H and O–H groups in total. The van der Waals surface area contributed by atoms with Crippen molar-refractivity contribution in [1.82, 2.24) is 33.5 Å². The van der Waals surface area contributed by atoms with E-state index in [1.807, 2.05) is 108 Å². The fourth-order valence-electron chi connectivity index (χ4n) is 6.76. The Morgan fingerprint density at radius 3 is 1.11 bits per heavy atom. The smallest absolute Gasteiger partial charge is 0.263 e. The lowest BCUT2D eigenvalue weighted by Gasteiger charge is -2.22. The molecule has 2 aromatic heterocycles. The Bertz CT molecular complexity index is 2570. The molecule has 65 heavy (non-hydrogen) atoms. The third kappa shape index (κ3) is 12.8. The summed E-state index contributed by atoms with van der Waals surface area (Å²) in [5, 5.41) is 11.7. The van der Waals surface area contributed by atoms with Crippen molar-refractivity contribution in [3.63, 3.8) is 0 Å². The molecule has 0 unspecified atom stereocenters. The van der Waals surface area contributed by atoms with Gasteiger partial charge in [-0.1, -0.05) is 48.5 Å². The summed E-state index contributed by atoms with van der Waals surface area (Å²) in [7, 11) is 0.309. The van der Waals surface area contributed by atoms with Crippen LogP contribution in [0.2, 0.25) is 0 Å². The topological polar surface area (TPSA) is 176 Å². The van der Waals surface area contributed by atoms with Crippen molar-refractivity contribution in [3.8, 4) is 23.0 Å². The third-order valence-electron chi connectivity index (χ3n) is 10.3. The first-order chi connectivity index (χ1) is 31.1. The first kappa shape index (κ1) is 50.0. The summed E-state index contributed by atoms with van der Waals surface area (Å²) in [4.78, 5) is 11.5. The van der Waals surface area contributed by atoms with Gasteiger partial charge in [0.25, 0.3) is 20.0 Å². The minimum atomic E-state index is -3.99. The normalized spacial score (nSPS) is 11.8. The lowest BCUT2D eigenvalue weighted by atomic mass is 10.2. The van der Waals surface area contributed by atoms with Gasteiger partial charge in [0.1, 0.15) is 28.7 Å². The number of carbonyl (C=O) groups excluding carboxylic acids is 1. The van der Waals surface area contributed by atoms with Crippen molar-refractivity contribution in [3.05, 3.63) is 143 Å². The lowest BCUT2D eigenvalue weighted by Crippen LogP contribution is -2.30. The van der Waals surface area contributed by atoms with Crippen LogP contribution in [0.15, 0.2) is 119 Å². The van der Waals surface area contributed by atoms with Crippen LogP contribution >= 0.6 is 0 Å². The summed E-state index contributed by atoms with van der Waals surface area (Å²) in [6.45, 7) is 8.82. The molecule has 18 heteroatoms. The Morgan fingerprint density at radius 2 is 0.846 bits per heavy atom. The number of aldehydes is 1. The molecule has 4 aromatic carbocycles. The zero-order chi connectivity index (χ0) is 47.3. The molecule has 0 saturated heterocycles. The molecule has 348 valence electrons. The average molecular weight is 930 g/mol. The molecular formula is C47H59N7O9S2. The molecule has 0 radical (unpaired) electrons. The number of aromatic nitrogens is 4. The molecule has 0 bridgehead atoms. The first-order valence-corrected chi connectivity index (χ1v) is 23.7. The second kappa shape index (κ2) is 22.7. The molecule has 0 fully saturated rings. The van der Waals surface area contributed by atoms with Crippen LogP contribution in [0.4, 0.5) is 0 Å². The van der Waals surface area contributed by atoms with E-state index in [4.69, 9.17) is 18.9 Å². The molecule has 6 rings (SSSR count). The maximum atomic E-state index is 13.8. The third-order valence-corrected chi connectivity index (χ3v) is 13.6. The van der Waals surface area contributed by atoms with Crippen LogP contribution in [0.25, 0.3) is 0 Å². The van der Waals surface area contributed by atoms with Gasteiger partial charge in [0.15, 0.2) is 16.3 Å².